The van der Waals surface area contributed by atoms with E-state index in [0.29, 0.717) is 11.6 Å². The second-order valence-electron chi connectivity index (χ2n) is 5.98. The van der Waals surface area contributed by atoms with Gasteiger partial charge >= 0.3 is 0 Å². The molecule has 2 unspecified atom stereocenters. The number of carbonyl (C=O) groups excluding carboxylic acids is 1. The van der Waals surface area contributed by atoms with Gasteiger partial charge in [0.2, 0.25) is 15.9 Å². The highest BCUT2D eigenvalue weighted by molar-refractivity contribution is 7.89. The Kier molecular flexibility index (Phi) is 5.20. The lowest BCUT2D eigenvalue weighted by Crippen LogP contribution is -2.46. The minimum Gasteiger partial charge on any atom is -0.325 e. The van der Waals surface area contributed by atoms with Gasteiger partial charge < -0.3 is 5.32 Å². The lowest BCUT2D eigenvalue weighted by atomic mass is 9.99. The fourth-order valence-corrected chi connectivity index (χ4v) is 3.30. The average molecular weight is 325 g/mol. The van der Waals surface area contributed by atoms with Gasteiger partial charge in [0.15, 0.2) is 0 Å². The fourth-order valence-electron chi connectivity index (χ4n) is 2.74. The number of hydrogen-bond donors (Lipinski definition) is 2. The Labute approximate surface area is 131 Å². The highest BCUT2D eigenvalue weighted by atomic mass is 32.2. The molecule has 1 fully saturated rings. The molecule has 7 heteroatoms. The van der Waals surface area contributed by atoms with Crippen LogP contribution in [0.3, 0.4) is 0 Å². The highest BCUT2D eigenvalue weighted by Crippen LogP contribution is 2.19. The molecular weight excluding hydrogens is 302 g/mol. The summed E-state index contributed by atoms with van der Waals surface area (Å²) in [6, 6.07) is 5.74. The molecule has 1 aliphatic heterocycles. The molecule has 1 aromatic carbocycles. The summed E-state index contributed by atoms with van der Waals surface area (Å²) in [5.41, 5.74) is 0.438. The van der Waals surface area contributed by atoms with Gasteiger partial charge in [0, 0.05) is 12.2 Å². The van der Waals surface area contributed by atoms with Gasteiger partial charge in [-0.25, -0.2) is 13.6 Å². The lowest BCUT2D eigenvalue weighted by Gasteiger charge is -2.34. The van der Waals surface area contributed by atoms with Crippen molar-refractivity contribution in [3.05, 3.63) is 24.3 Å². The summed E-state index contributed by atoms with van der Waals surface area (Å²) < 4.78 is 22.7. The smallest absolute Gasteiger partial charge is 0.241 e. The van der Waals surface area contributed by atoms with Crippen LogP contribution in [0.1, 0.15) is 26.7 Å². The first-order valence-electron chi connectivity index (χ1n) is 7.45. The first-order chi connectivity index (χ1) is 10.3. The van der Waals surface area contributed by atoms with Crippen LogP contribution in [0.25, 0.3) is 0 Å². The molecule has 1 saturated heterocycles. The number of anilines is 1. The number of hydrogen-bond acceptors (Lipinski definition) is 4. The number of primary sulfonamides is 1. The van der Waals surface area contributed by atoms with Crippen LogP contribution in [-0.2, 0) is 14.8 Å². The summed E-state index contributed by atoms with van der Waals surface area (Å²) in [6.07, 6.45) is 2.29. The number of rotatable bonds is 4. The standard InChI is InChI=1S/C15H23N3O3S/c1-11-5-4-8-18(10-11)12(2)15(19)17-13-6-3-7-14(9-13)22(16,20)21/h3,6-7,9,11-12H,4-5,8,10H2,1-2H3,(H,17,19)(H2,16,20,21). The molecule has 22 heavy (non-hydrogen) atoms. The molecule has 0 spiro atoms. The molecule has 0 radical (unpaired) electrons. The van der Waals surface area contributed by atoms with E-state index in [9.17, 15) is 13.2 Å². The molecule has 3 N–H and O–H groups in total. The number of likely N-dealkylation sites (tertiary alicyclic amines) is 1. The van der Waals surface area contributed by atoms with E-state index in [2.05, 4.69) is 17.1 Å². The SMILES string of the molecule is CC1CCCN(C(C)C(=O)Nc2cccc(S(N)(=O)=O)c2)C1. The van der Waals surface area contributed by atoms with Crippen molar-refractivity contribution in [3.8, 4) is 0 Å². The number of nitrogens with one attached hydrogen (secondary N) is 1. The number of nitrogens with two attached hydrogens (primary N) is 1. The molecule has 122 valence electrons. The van der Waals surface area contributed by atoms with Crippen molar-refractivity contribution in [1.29, 1.82) is 0 Å². The Bertz CT molecular complexity index is 645. The first-order valence-corrected chi connectivity index (χ1v) is 9.00. The van der Waals surface area contributed by atoms with Crippen LogP contribution < -0.4 is 10.5 Å². The maximum atomic E-state index is 12.3. The van der Waals surface area contributed by atoms with Crippen LogP contribution in [0.15, 0.2) is 29.2 Å². The molecule has 1 heterocycles. The molecule has 2 rings (SSSR count). The van der Waals surface area contributed by atoms with Crippen LogP contribution >= 0.6 is 0 Å². The van der Waals surface area contributed by atoms with Crippen molar-refractivity contribution in [2.75, 3.05) is 18.4 Å². The minimum atomic E-state index is -3.77. The number of nitrogens with zero attached hydrogens (tertiary/aromatic N) is 1. The van der Waals surface area contributed by atoms with E-state index in [0.717, 1.165) is 19.5 Å². The minimum absolute atomic E-state index is 0.00968. The summed E-state index contributed by atoms with van der Waals surface area (Å²) in [4.78, 5) is 14.5. The van der Waals surface area contributed by atoms with Gasteiger partial charge in [-0.15, -0.1) is 0 Å². The van der Waals surface area contributed by atoms with Gasteiger partial charge in [-0.05, 0) is 50.4 Å². The third kappa shape index (κ3) is 4.28. The third-order valence-corrected chi connectivity index (χ3v) is 4.96. The number of carbonyl (C=O) groups is 1. The largest absolute Gasteiger partial charge is 0.325 e. The van der Waals surface area contributed by atoms with Gasteiger partial charge in [0.1, 0.15) is 0 Å². The summed E-state index contributed by atoms with van der Waals surface area (Å²) in [6.45, 7) is 5.88. The van der Waals surface area contributed by atoms with Crippen molar-refractivity contribution in [2.24, 2.45) is 11.1 Å². The van der Waals surface area contributed by atoms with E-state index in [-0.39, 0.29) is 16.8 Å². The molecule has 2 atom stereocenters. The second kappa shape index (κ2) is 6.76. The first kappa shape index (κ1) is 16.9. The van der Waals surface area contributed by atoms with E-state index < -0.39 is 10.0 Å². The van der Waals surface area contributed by atoms with E-state index >= 15 is 0 Å². The highest BCUT2D eigenvalue weighted by Gasteiger charge is 2.25. The monoisotopic (exact) mass is 325 g/mol. The fraction of sp³-hybridized carbons (Fsp3) is 0.533. The van der Waals surface area contributed by atoms with Crippen molar-refractivity contribution in [3.63, 3.8) is 0 Å². The van der Waals surface area contributed by atoms with Gasteiger partial charge in [0.25, 0.3) is 0 Å². The predicted molar refractivity (Wildman–Crippen MR) is 85.9 cm³/mol. The molecule has 1 aliphatic rings. The molecule has 1 amide bonds. The average Bonchev–Trinajstić information content (AvgIpc) is 2.46. The normalized spacial score (nSPS) is 21.3. The van der Waals surface area contributed by atoms with Crippen LogP contribution in [0.2, 0.25) is 0 Å². The van der Waals surface area contributed by atoms with Crippen molar-refractivity contribution in [2.45, 2.75) is 37.6 Å². The summed E-state index contributed by atoms with van der Waals surface area (Å²) >= 11 is 0. The van der Waals surface area contributed by atoms with E-state index in [1.165, 1.54) is 18.6 Å². The number of amides is 1. The summed E-state index contributed by atoms with van der Waals surface area (Å²) in [5, 5.41) is 7.87. The maximum Gasteiger partial charge on any atom is 0.241 e. The van der Waals surface area contributed by atoms with Gasteiger partial charge in [-0.1, -0.05) is 13.0 Å². The Morgan fingerprint density at radius 3 is 2.82 bits per heavy atom. The van der Waals surface area contributed by atoms with Crippen LogP contribution in [0.4, 0.5) is 5.69 Å². The Balaban J connectivity index is 2.05. The number of benzene rings is 1. The number of piperidine rings is 1. The third-order valence-electron chi connectivity index (χ3n) is 4.05. The van der Waals surface area contributed by atoms with Gasteiger partial charge in [0.05, 0.1) is 10.9 Å². The Hall–Kier alpha value is -1.44. The summed E-state index contributed by atoms with van der Waals surface area (Å²) in [5.74, 6) is 0.454. The summed E-state index contributed by atoms with van der Waals surface area (Å²) in [7, 11) is -3.77. The van der Waals surface area contributed by atoms with E-state index in [1.54, 1.807) is 12.1 Å². The molecule has 0 aliphatic carbocycles. The maximum absolute atomic E-state index is 12.3. The van der Waals surface area contributed by atoms with Gasteiger partial charge in [-0.2, -0.15) is 0 Å². The Morgan fingerprint density at radius 1 is 1.45 bits per heavy atom. The van der Waals surface area contributed by atoms with Gasteiger partial charge in [-0.3, -0.25) is 9.69 Å². The zero-order valence-electron chi connectivity index (χ0n) is 13.0. The van der Waals surface area contributed by atoms with E-state index in [4.69, 9.17) is 5.14 Å². The molecule has 6 nitrogen and oxygen atoms in total. The zero-order chi connectivity index (χ0) is 16.3. The molecule has 0 bridgehead atoms. The van der Waals surface area contributed by atoms with E-state index in [1.807, 2.05) is 6.92 Å². The zero-order valence-corrected chi connectivity index (χ0v) is 13.8. The van der Waals surface area contributed by atoms with Crippen LogP contribution in [-0.4, -0.2) is 38.4 Å². The lowest BCUT2D eigenvalue weighted by molar-refractivity contribution is -0.121. The Morgan fingerprint density at radius 2 is 2.18 bits per heavy atom. The predicted octanol–water partition coefficient (Wildman–Crippen LogP) is 1.39. The second-order valence-corrected chi connectivity index (χ2v) is 7.54. The quantitative estimate of drug-likeness (QED) is 0.875. The topological polar surface area (TPSA) is 92.5 Å². The molecule has 0 saturated carbocycles. The molecular formula is C15H23N3O3S. The molecule has 1 aromatic rings. The van der Waals surface area contributed by atoms with Crippen molar-refractivity contribution < 1.29 is 13.2 Å². The van der Waals surface area contributed by atoms with Crippen molar-refractivity contribution >= 4 is 21.6 Å². The van der Waals surface area contributed by atoms with Crippen LogP contribution in [0.5, 0.6) is 0 Å². The molecule has 0 aromatic heterocycles. The van der Waals surface area contributed by atoms with Crippen LogP contribution in [0, 0.1) is 5.92 Å². The number of sulfonamides is 1. The van der Waals surface area contributed by atoms with Crippen molar-refractivity contribution in [1.82, 2.24) is 4.90 Å².